The lowest BCUT2D eigenvalue weighted by atomic mass is 10.1. The first-order valence-corrected chi connectivity index (χ1v) is 6.97. The molecule has 0 saturated heterocycles. The van der Waals surface area contributed by atoms with Crippen molar-refractivity contribution in [3.8, 4) is 0 Å². The Kier molecular flexibility index (Phi) is 4.93. The van der Waals surface area contributed by atoms with Gasteiger partial charge in [-0.1, -0.05) is 19.1 Å². The van der Waals surface area contributed by atoms with Crippen molar-refractivity contribution in [2.75, 3.05) is 13.7 Å². The highest BCUT2D eigenvalue weighted by atomic mass is 16.5. The summed E-state index contributed by atoms with van der Waals surface area (Å²) in [6.45, 7) is 3.89. The van der Waals surface area contributed by atoms with E-state index in [9.17, 15) is 0 Å². The van der Waals surface area contributed by atoms with Gasteiger partial charge in [-0.3, -0.25) is 0 Å². The fraction of sp³-hybridized carbons (Fsp3) is 0.533. The maximum atomic E-state index is 6.29. The molecule has 2 N–H and O–H groups in total. The third-order valence-electron chi connectivity index (χ3n) is 3.33. The van der Waals surface area contributed by atoms with Gasteiger partial charge in [0.2, 0.25) is 0 Å². The standard InChI is InChI=1S/C15H23N3O/c1-3-10-18-14-9-5-4-8-13(14)17-15(18)12(16)7-6-11-19-2/h4-5,8-9,12H,3,6-7,10-11,16H2,1-2H3. The number of fused-ring (bicyclic) bond motifs is 1. The molecular weight excluding hydrogens is 238 g/mol. The van der Waals surface area contributed by atoms with Crippen LogP contribution in [0.1, 0.15) is 38.1 Å². The molecule has 0 aliphatic heterocycles. The predicted octanol–water partition coefficient (Wildman–Crippen LogP) is 2.87. The molecule has 19 heavy (non-hydrogen) atoms. The van der Waals surface area contributed by atoms with Crippen molar-refractivity contribution in [2.24, 2.45) is 5.73 Å². The van der Waals surface area contributed by atoms with E-state index in [1.54, 1.807) is 7.11 Å². The van der Waals surface area contributed by atoms with Gasteiger partial charge < -0.3 is 15.0 Å². The minimum atomic E-state index is -0.0194. The van der Waals surface area contributed by atoms with Gasteiger partial charge in [-0.15, -0.1) is 0 Å². The van der Waals surface area contributed by atoms with Crippen molar-refractivity contribution >= 4 is 11.0 Å². The second-order valence-corrected chi connectivity index (χ2v) is 4.85. The van der Waals surface area contributed by atoms with Crippen LogP contribution in [0.15, 0.2) is 24.3 Å². The number of nitrogens with two attached hydrogens (primary N) is 1. The van der Waals surface area contributed by atoms with Gasteiger partial charge >= 0.3 is 0 Å². The number of para-hydroxylation sites is 2. The van der Waals surface area contributed by atoms with Crippen LogP contribution in [-0.4, -0.2) is 23.3 Å². The lowest BCUT2D eigenvalue weighted by molar-refractivity contribution is 0.190. The normalized spacial score (nSPS) is 13.0. The molecule has 1 atom stereocenters. The van der Waals surface area contributed by atoms with E-state index in [-0.39, 0.29) is 6.04 Å². The van der Waals surface area contributed by atoms with Crippen LogP contribution in [0.2, 0.25) is 0 Å². The van der Waals surface area contributed by atoms with Crippen molar-refractivity contribution in [1.29, 1.82) is 0 Å². The fourth-order valence-electron chi connectivity index (χ4n) is 2.41. The Morgan fingerprint density at radius 1 is 1.37 bits per heavy atom. The molecule has 1 aromatic heterocycles. The molecule has 0 aliphatic carbocycles. The number of benzene rings is 1. The zero-order chi connectivity index (χ0) is 13.7. The van der Waals surface area contributed by atoms with Crippen molar-refractivity contribution in [3.05, 3.63) is 30.1 Å². The molecule has 0 amide bonds. The molecule has 4 heteroatoms. The summed E-state index contributed by atoms with van der Waals surface area (Å²) in [5.41, 5.74) is 8.51. The monoisotopic (exact) mass is 261 g/mol. The van der Waals surface area contributed by atoms with Crippen molar-refractivity contribution in [2.45, 2.75) is 38.8 Å². The number of rotatable bonds is 7. The molecule has 2 aromatic rings. The Balaban J connectivity index is 2.27. The second kappa shape index (κ2) is 6.68. The second-order valence-electron chi connectivity index (χ2n) is 4.85. The van der Waals surface area contributed by atoms with Crippen LogP contribution in [0.5, 0.6) is 0 Å². The molecule has 1 aromatic carbocycles. The zero-order valence-corrected chi connectivity index (χ0v) is 11.8. The summed E-state index contributed by atoms with van der Waals surface area (Å²) < 4.78 is 7.34. The minimum Gasteiger partial charge on any atom is -0.385 e. The van der Waals surface area contributed by atoms with E-state index < -0.39 is 0 Å². The summed E-state index contributed by atoms with van der Waals surface area (Å²) in [4.78, 5) is 4.71. The molecular formula is C15H23N3O. The maximum absolute atomic E-state index is 6.29. The summed E-state index contributed by atoms with van der Waals surface area (Å²) >= 11 is 0. The number of hydrogen-bond acceptors (Lipinski definition) is 3. The van der Waals surface area contributed by atoms with Crippen molar-refractivity contribution < 1.29 is 4.74 Å². The van der Waals surface area contributed by atoms with Crippen LogP contribution >= 0.6 is 0 Å². The van der Waals surface area contributed by atoms with E-state index >= 15 is 0 Å². The number of ether oxygens (including phenoxy) is 1. The molecule has 1 unspecified atom stereocenters. The lowest BCUT2D eigenvalue weighted by Crippen LogP contribution is -2.17. The Hall–Kier alpha value is -1.39. The van der Waals surface area contributed by atoms with Gasteiger partial charge in [0.05, 0.1) is 17.1 Å². The Morgan fingerprint density at radius 2 is 2.16 bits per heavy atom. The molecule has 0 aliphatic rings. The van der Waals surface area contributed by atoms with E-state index in [0.717, 1.165) is 43.8 Å². The lowest BCUT2D eigenvalue weighted by Gasteiger charge is -2.14. The van der Waals surface area contributed by atoms with E-state index in [2.05, 4.69) is 23.6 Å². The summed E-state index contributed by atoms with van der Waals surface area (Å²) in [5.74, 6) is 0.999. The third-order valence-corrected chi connectivity index (χ3v) is 3.33. The van der Waals surface area contributed by atoms with Crippen LogP contribution in [0.25, 0.3) is 11.0 Å². The number of methoxy groups -OCH3 is 1. The van der Waals surface area contributed by atoms with E-state index in [0.29, 0.717) is 0 Å². The number of imidazole rings is 1. The van der Waals surface area contributed by atoms with Crippen LogP contribution in [0.3, 0.4) is 0 Å². The van der Waals surface area contributed by atoms with Crippen LogP contribution in [0.4, 0.5) is 0 Å². The molecule has 4 nitrogen and oxygen atoms in total. The summed E-state index contributed by atoms with van der Waals surface area (Å²) in [6.07, 6.45) is 2.95. The highest BCUT2D eigenvalue weighted by Gasteiger charge is 2.16. The Bertz CT molecular complexity index is 521. The first-order chi connectivity index (χ1) is 9.27. The van der Waals surface area contributed by atoms with Gasteiger partial charge in [-0.25, -0.2) is 4.98 Å². The molecule has 1 heterocycles. The summed E-state index contributed by atoms with van der Waals surface area (Å²) in [7, 11) is 1.72. The van der Waals surface area contributed by atoms with E-state index in [4.69, 9.17) is 15.5 Å². The van der Waals surface area contributed by atoms with Crippen LogP contribution < -0.4 is 5.73 Å². The topological polar surface area (TPSA) is 53.1 Å². The number of aryl methyl sites for hydroxylation is 1. The van der Waals surface area contributed by atoms with Gasteiger partial charge in [0.25, 0.3) is 0 Å². The molecule has 0 spiro atoms. The van der Waals surface area contributed by atoms with Crippen molar-refractivity contribution in [3.63, 3.8) is 0 Å². The van der Waals surface area contributed by atoms with Crippen molar-refractivity contribution in [1.82, 2.24) is 9.55 Å². The van der Waals surface area contributed by atoms with Gasteiger partial charge in [-0.05, 0) is 31.4 Å². The average Bonchev–Trinajstić information content (AvgIpc) is 2.79. The molecule has 104 valence electrons. The third kappa shape index (κ3) is 3.14. The Labute approximate surface area is 114 Å². The highest BCUT2D eigenvalue weighted by molar-refractivity contribution is 5.76. The van der Waals surface area contributed by atoms with Gasteiger partial charge in [-0.2, -0.15) is 0 Å². The smallest absolute Gasteiger partial charge is 0.126 e. The molecule has 0 bridgehead atoms. The predicted molar refractivity (Wildman–Crippen MR) is 78.1 cm³/mol. The van der Waals surface area contributed by atoms with Gasteiger partial charge in [0.15, 0.2) is 0 Å². The average molecular weight is 261 g/mol. The summed E-state index contributed by atoms with van der Waals surface area (Å²) in [5, 5.41) is 0. The SMILES string of the molecule is CCCn1c(C(N)CCCOC)nc2ccccc21. The zero-order valence-electron chi connectivity index (χ0n) is 11.8. The van der Waals surface area contributed by atoms with Gasteiger partial charge in [0, 0.05) is 20.3 Å². The maximum Gasteiger partial charge on any atom is 0.126 e. The quantitative estimate of drug-likeness (QED) is 0.780. The number of nitrogens with zero attached hydrogens (tertiary/aromatic N) is 2. The largest absolute Gasteiger partial charge is 0.385 e. The van der Waals surface area contributed by atoms with E-state index in [1.807, 2.05) is 12.1 Å². The first-order valence-electron chi connectivity index (χ1n) is 6.97. The number of aromatic nitrogens is 2. The molecule has 0 radical (unpaired) electrons. The fourth-order valence-corrected chi connectivity index (χ4v) is 2.41. The summed E-state index contributed by atoms with van der Waals surface area (Å²) in [6, 6.07) is 8.22. The van der Waals surface area contributed by atoms with Crippen LogP contribution in [0, 0.1) is 0 Å². The molecule has 0 fully saturated rings. The number of hydrogen-bond donors (Lipinski definition) is 1. The molecule has 2 rings (SSSR count). The Morgan fingerprint density at radius 3 is 2.89 bits per heavy atom. The first kappa shape index (κ1) is 14.0. The van der Waals surface area contributed by atoms with E-state index in [1.165, 1.54) is 5.52 Å². The minimum absolute atomic E-state index is 0.0194. The highest BCUT2D eigenvalue weighted by Crippen LogP contribution is 2.22. The molecule has 0 saturated carbocycles. The van der Waals surface area contributed by atoms with Gasteiger partial charge in [0.1, 0.15) is 5.82 Å². The van der Waals surface area contributed by atoms with Crippen LogP contribution in [-0.2, 0) is 11.3 Å².